The van der Waals surface area contributed by atoms with Gasteiger partial charge >= 0.3 is 0 Å². The summed E-state index contributed by atoms with van der Waals surface area (Å²) in [4.78, 5) is 13.9. The summed E-state index contributed by atoms with van der Waals surface area (Å²) in [6.07, 6.45) is 2.00. The van der Waals surface area contributed by atoms with Gasteiger partial charge in [-0.15, -0.1) is 0 Å². The Hall–Kier alpha value is -1.04. The maximum absolute atomic E-state index is 12.0. The number of carbonyl (C=O) groups is 1. The van der Waals surface area contributed by atoms with Crippen LogP contribution in [0.3, 0.4) is 0 Å². The number of rotatable bonds is 7. The Balaban J connectivity index is 4.39. The molecule has 0 aliphatic carbocycles. The van der Waals surface area contributed by atoms with Gasteiger partial charge < -0.3 is 4.90 Å². The molecule has 0 saturated carbocycles. The average molecular weight is 238 g/mol. The first-order valence-corrected chi connectivity index (χ1v) is 6.56. The molecule has 0 saturated heterocycles. The quantitative estimate of drug-likeness (QED) is 0.684. The molecule has 98 valence electrons. The van der Waals surface area contributed by atoms with Crippen molar-refractivity contribution in [3.8, 4) is 6.07 Å². The van der Waals surface area contributed by atoms with Gasteiger partial charge in [-0.1, -0.05) is 27.7 Å². The highest BCUT2D eigenvalue weighted by molar-refractivity contribution is 5.80. The molecule has 0 aromatic rings. The van der Waals surface area contributed by atoms with Crippen LogP contribution in [0.15, 0.2) is 0 Å². The molecule has 0 radical (unpaired) electrons. The van der Waals surface area contributed by atoms with E-state index in [0.29, 0.717) is 11.8 Å². The van der Waals surface area contributed by atoms with Gasteiger partial charge in [0, 0.05) is 13.1 Å². The minimum Gasteiger partial charge on any atom is -0.342 e. The van der Waals surface area contributed by atoms with Crippen LogP contribution in [0.4, 0.5) is 0 Å². The third-order valence-corrected chi connectivity index (χ3v) is 2.83. The molecule has 0 spiro atoms. The maximum atomic E-state index is 12.0. The lowest BCUT2D eigenvalue weighted by Gasteiger charge is -2.25. The van der Waals surface area contributed by atoms with Crippen LogP contribution in [-0.2, 0) is 4.79 Å². The number of hydrogen-bond donors (Lipinski definition) is 0. The second-order valence-corrected chi connectivity index (χ2v) is 5.54. The first-order chi connectivity index (χ1) is 7.88. The summed E-state index contributed by atoms with van der Waals surface area (Å²) >= 11 is 0. The van der Waals surface area contributed by atoms with E-state index in [1.165, 1.54) is 0 Å². The minimum atomic E-state index is -0.519. The fraction of sp³-hybridized carbons (Fsp3) is 0.857. The van der Waals surface area contributed by atoms with Crippen molar-refractivity contribution in [3.05, 3.63) is 0 Å². The second-order valence-electron chi connectivity index (χ2n) is 5.54. The molecule has 0 aromatic carbocycles. The van der Waals surface area contributed by atoms with Gasteiger partial charge in [0.25, 0.3) is 0 Å². The van der Waals surface area contributed by atoms with E-state index in [4.69, 9.17) is 5.26 Å². The van der Waals surface area contributed by atoms with E-state index in [0.717, 1.165) is 25.9 Å². The van der Waals surface area contributed by atoms with E-state index in [1.54, 1.807) is 6.92 Å². The monoisotopic (exact) mass is 238 g/mol. The van der Waals surface area contributed by atoms with Crippen LogP contribution in [-0.4, -0.2) is 23.9 Å². The van der Waals surface area contributed by atoms with Crippen LogP contribution in [0.5, 0.6) is 0 Å². The molecule has 1 amide bonds. The lowest BCUT2D eigenvalue weighted by Crippen LogP contribution is -2.37. The largest absolute Gasteiger partial charge is 0.342 e. The molecular weight excluding hydrogens is 212 g/mol. The van der Waals surface area contributed by atoms with Crippen LogP contribution in [0.2, 0.25) is 0 Å². The molecule has 0 N–H and O–H groups in total. The first kappa shape index (κ1) is 16.0. The van der Waals surface area contributed by atoms with E-state index in [1.807, 2.05) is 11.0 Å². The van der Waals surface area contributed by atoms with Crippen LogP contribution in [0, 0.1) is 29.1 Å². The van der Waals surface area contributed by atoms with E-state index in [9.17, 15) is 4.79 Å². The molecule has 3 heteroatoms. The number of nitrogens with zero attached hydrogens (tertiary/aromatic N) is 2. The van der Waals surface area contributed by atoms with Gasteiger partial charge in [-0.2, -0.15) is 5.26 Å². The van der Waals surface area contributed by atoms with E-state index in [2.05, 4.69) is 27.7 Å². The lowest BCUT2D eigenvalue weighted by atomic mass is 10.1. The standard InChI is InChI=1S/C14H26N2O/c1-11(2)6-8-16(9-7-12(3)4)14(17)13(5)10-15/h11-13H,6-9H2,1-5H3. The molecular formula is C14H26N2O. The molecule has 1 atom stereocenters. The Labute approximate surface area is 106 Å². The topological polar surface area (TPSA) is 44.1 Å². The first-order valence-electron chi connectivity index (χ1n) is 6.56. The molecule has 0 fully saturated rings. The zero-order valence-corrected chi connectivity index (χ0v) is 11.9. The Kier molecular flexibility index (Phi) is 7.61. The third kappa shape index (κ3) is 6.99. The number of hydrogen-bond acceptors (Lipinski definition) is 2. The number of carbonyl (C=O) groups excluding carboxylic acids is 1. The highest BCUT2D eigenvalue weighted by Gasteiger charge is 2.20. The van der Waals surface area contributed by atoms with Crippen LogP contribution in [0.25, 0.3) is 0 Å². The molecule has 0 bridgehead atoms. The number of amides is 1. The molecule has 1 unspecified atom stereocenters. The fourth-order valence-corrected chi connectivity index (χ4v) is 1.49. The molecule has 0 aliphatic heterocycles. The van der Waals surface area contributed by atoms with Crippen molar-refractivity contribution >= 4 is 5.91 Å². The van der Waals surface area contributed by atoms with Crippen molar-refractivity contribution < 1.29 is 4.79 Å². The molecule has 17 heavy (non-hydrogen) atoms. The van der Waals surface area contributed by atoms with E-state index >= 15 is 0 Å². The predicted molar refractivity (Wildman–Crippen MR) is 70.3 cm³/mol. The van der Waals surface area contributed by atoms with Gasteiger partial charge in [0.05, 0.1) is 6.07 Å². The minimum absolute atomic E-state index is 0.0196. The van der Waals surface area contributed by atoms with Crippen molar-refractivity contribution in [2.24, 2.45) is 17.8 Å². The highest BCUT2D eigenvalue weighted by Crippen LogP contribution is 2.10. The Morgan fingerprint density at radius 3 is 1.76 bits per heavy atom. The molecule has 0 rings (SSSR count). The van der Waals surface area contributed by atoms with Crippen molar-refractivity contribution in [2.45, 2.75) is 47.5 Å². The predicted octanol–water partition coefficient (Wildman–Crippen LogP) is 3.07. The molecule has 0 heterocycles. The van der Waals surface area contributed by atoms with Crippen molar-refractivity contribution in [3.63, 3.8) is 0 Å². The average Bonchev–Trinajstić information content (AvgIpc) is 2.26. The van der Waals surface area contributed by atoms with Crippen LogP contribution < -0.4 is 0 Å². The molecule has 0 aromatic heterocycles. The van der Waals surface area contributed by atoms with Gasteiger partial charge in [-0.3, -0.25) is 4.79 Å². The summed E-state index contributed by atoms with van der Waals surface area (Å²) in [6, 6.07) is 2.03. The lowest BCUT2D eigenvalue weighted by molar-refractivity contribution is -0.133. The maximum Gasteiger partial charge on any atom is 0.239 e. The van der Waals surface area contributed by atoms with Crippen LogP contribution >= 0.6 is 0 Å². The smallest absolute Gasteiger partial charge is 0.239 e. The van der Waals surface area contributed by atoms with Gasteiger partial charge in [-0.05, 0) is 31.6 Å². The van der Waals surface area contributed by atoms with Crippen molar-refractivity contribution in [2.75, 3.05) is 13.1 Å². The normalized spacial score (nSPS) is 12.6. The zero-order valence-electron chi connectivity index (χ0n) is 11.9. The highest BCUT2D eigenvalue weighted by atomic mass is 16.2. The van der Waals surface area contributed by atoms with E-state index < -0.39 is 5.92 Å². The second kappa shape index (κ2) is 8.11. The zero-order chi connectivity index (χ0) is 13.4. The summed E-state index contributed by atoms with van der Waals surface area (Å²) in [7, 11) is 0. The van der Waals surface area contributed by atoms with Crippen LogP contribution in [0.1, 0.15) is 47.5 Å². The van der Waals surface area contributed by atoms with Gasteiger partial charge in [-0.25, -0.2) is 0 Å². The molecule has 0 aliphatic rings. The molecule has 3 nitrogen and oxygen atoms in total. The summed E-state index contributed by atoms with van der Waals surface area (Å²) < 4.78 is 0. The van der Waals surface area contributed by atoms with Gasteiger partial charge in [0.2, 0.25) is 5.91 Å². The Morgan fingerprint density at radius 2 is 1.47 bits per heavy atom. The van der Waals surface area contributed by atoms with Crippen molar-refractivity contribution in [1.29, 1.82) is 5.26 Å². The van der Waals surface area contributed by atoms with Gasteiger partial charge in [0.15, 0.2) is 0 Å². The summed E-state index contributed by atoms with van der Waals surface area (Å²) in [5, 5.41) is 8.81. The Bertz CT molecular complexity index is 254. The third-order valence-electron chi connectivity index (χ3n) is 2.83. The number of nitriles is 1. The fourth-order valence-electron chi connectivity index (χ4n) is 1.49. The SMILES string of the molecule is CC(C)CCN(CCC(C)C)C(=O)C(C)C#N. The summed E-state index contributed by atoms with van der Waals surface area (Å²) in [5.41, 5.74) is 0. The summed E-state index contributed by atoms with van der Waals surface area (Å²) in [6.45, 7) is 11.8. The summed E-state index contributed by atoms with van der Waals surface area (Å²) in [5.74, 6) is 0.631. The van der Waals surface area contributed by atoms with E-state index in [-0.39, 0.29) is 5.91 Å². The van der Waals surface area contributed by atoms with Gasteiger partial charge in [0.1, 0.15) is 5.92 Å². The Morgan fingerprint density at radius 1 is 1.06 bits per heavy atom. The van der Waals surface area contributed by atoms with Crippen molar-refractivity contribution in [1.82, 2.24) is 4.90 Å².